The number of benzene rings is 1. The van der Waals surface area contributed by atoms with Crippen LogP contribution in [0.1, 0.15) is 35.7 Å². The molecule has 1 rings (SSSR count). The number of carboxylic acid groups (broad SMARTS) is 1. The summed E-state index contributed by atoms with van der Waals surface area (Å²) >= 11 is 1.71. The van der Waals surface area contributed by atoms with Crippen LogP contribution in [0.15, 0.2) is 24.3 Å². The summed E-state index contributed by atoms with van der Waals surface area (Å²) in [5.41, 5.74) is 1.64. The van der Waals surface area contributed by atoms with Gasteiger partial charge in [0.2, 0.25) is 0 Å². The third-order valence-electron chi connectivity index (χ3n) is 2.71. The number of carbonyl (C=O) groups excluding carboxylic acids is 1. The third kappa shape index (κ3) is 4.95. The lowest BCUT2D eigenvalue weighted by Crippen LogP contribution is -2.40. The quantitative estimate of drug-likeness (QED) is 0.806. The van der Waals surface area contributed by atoms with Crippen LogP contribution in [0.4, 0.5) is 0 Å². The van der Waals surface area contributed by atoms with Crippen LogP contribution in [0.25, 0.3) is 0 Å². The van der Waals surface area contributed by atoms with E-state index in [1.165, 1.54) is 0 Å². The average Bonchev–Trinajstić information content (AvgIpc) is 2.39. The zero-order chi connectivity index (χ0) is 14.3. The number of carboxylic acids is 1. The summed E-state index contributed by atoms with van der Waals surface area (Å²) < 4.78 is 0. The summed E-state index contributed by atoms with van der Waals surface area (Å²) in [5.74, 6) is -0.430. The number of hydrogen-bond donors (Lipinski definition) is 2. The Balaban J connectivity index is 2.68. The van der Waals surface area contributed by atoms with E-state index in [0.717, 1.165) is 11.3 Å². The summed E-state index contributed by atoms with van der Waals surface area (Å²) in [5, 5.41) is 11.5. The van der Waals surface area contributed by atoms with Gasteiger partial charge in [0.25, 0.3) is 5.91 Å². The minimum absolute atomic E-state index is 0.337. The molecule has 0 saturated heterocycles. The summed E-state index contributed by atoms with van der Waals surface area (Å²) in [6.45, 7) is 1.89. The van der Waals surface area contributed by atoms with E-state index in [1.807, 2.05) is 25.3 Å². The van der Waals surface area contributed by atoms with Crippen LogP contribution < -0.4 is 5.32 Å². The van der Waals surface area contributed by atoms with Crippen molar-refractivity contribution < 1.29 is 14.7 Å². The SMILES string of the molecule is CCC[C@@H](NC(=O)c1ccc(CSC)cc1)C(=O)O. The van der Waals surface area contributed by atoms with Crippen LogP contribution in [-0.4, -0.2) is 29.3 Å². The highest BCUT2D eigenvalue weighted by Crippen LogP contribution is 2.11. The van der Waals surface area contributed by atoms with Gasteiger partial charge in [-0.05, 0) is 30.4 Å². The number of amides is 1. The molecular formula is C14H19NO3S. The number of carbonyl (C=O) groups is 2. The van der Waals surface area contributed by atoms with E-state index in [-0.39, 0.29) is 5.91 Å². The van der Waals surface area contributed by atoms with Crippen molar-refractivity contribution in [2.24, 2.45) is 0 Å². The Morgan fingerprint density at radius 1 is 1.32 bits per heavy atom. The minimum atomic E-state index is -0.991. The molecule has 0 fully saturated rings. The Bertz CT molecular complexity index is 431. The molecule has 1 atom stereocenters. The lowest BCUT2D eigenvalue weighted by atomic mass is 10.1. The Labute approximate surface area is 117 Å². The maximum absolute atomic E-state index is 11.9. The number of aliphatic carboxylic acids is 1. The monoisotopic (exact) mass is 281 g/mol. The van der Waals surface area contributed by atoms with Gasteiger partial charge in [0, 0.05) is 11.3 Å². The van der Waals surface area contributed by atoms with Crippen molar-refractivity contribution >= 4 is 23.6 Å². The van der Waals surface area contributed by atoms with Gasteiger partial charge in [-0.2, -0.15) is 11.8 Å². The highest BCUT2D eigenvalue weighted by atomic mass is 32.2. The van der Waals surface area contributed by atoms with Crippen molar-refractivity contribution in [2.45, 2.75) is 31.6 Å². The molecule has 5 heteroatoms. The molecule has 19 heavy (non-hydrogen) atoms. The highest BCUT2D eigenvalue weighted by Gasteiger charge is 2.19. The molecule has 0 spiro atoms. The molecule has 0 unspecified atom stereocenters. The number of rotatable bonds is 7. The van der Waals surface area contributed by atoms with Crippen molar-refractivity contribution in [3.63, 3.8) is 0 Å². The van der Waals surface area contributed by atoms with E-state index < -0.39 is 12.0 Å². The first-order valence-electron chi connectivity index (χ1n) is 6.20. The molecule has 0 aliphatic heterocycles. The van der Waals surface area contributed by atoms with Crippen molar-refractivity contribution in [1.29, 1.82) is 0 Å². The Kier molecular flexibility index (Phi) is 6.42. The zero-order valence-corrected chi connectivity index (χ0v) is 12.0. The fourth-order valence-corrected chi connectivity index (χ4v) is 2.23. The lowest BCUT2D eigenvalue weighted by Gasteiger charge is -2.13. The summed E-state index contributed by atoms with van der Waals surface area (Å²) in [7, 11) is 0. The van der Waals surface area contributed by atoms with Crippen molar-refractivity contribution in [2.75, 3.05) is 6.26 Å². The van der Waals surface area contributed by atoms with Gasteiger partial charge in [0.05, 0.1) is 0 Å². The molecule has 0 radical (unpaired) electrons. The Hall–Kier alpha value is -1.49. The van der Waals surface area contributed by atoms with E-state index >= 15 is 0 Å². The van der Waals surface area contributed by atoms with Crippen LogP contribution in [-0.2, 0) is 10.5 Å². The second kappa shape index (κ2) is 7.84. The van der Waals surface area contributed by atoms with E-state index in [1.54, 1.807) is 23.9 Å². The van der Waals surface area contributed by atoms with E-state index in [4.69, 9.17) is 5.11 Å². The molecule has 0 aliphatic rings. The smallest absolute Gasteiger partial charge is 0.326 e. The molecule has 0 aromatic heterocycles. The maximum atomic E-state index is 11.9. The molecule has 0 heterocycles. The van der Waals surface area contributed by atoms with Crippen LogP contribution in [0.2, 0.25) is 0 Å². The van der Waals surface area contributed by atoms with Gasteiger partial charge in [-0.3, -0.25) is 4.79 Å². The largest absolute Gasteiger partial charge is 0.480 e. The third-order valence-corrected chi connectivity index (χ3v) is 3.33. The van der Waals surface area contributed by atoms with E-state index in [0.29, 0.717) is 18.4 Å². The Morgan fingerprint density at radius 2 is 1.95 bits per heavy atom. The second-order valence-electron chi connectivity index (χ2n) is 4.28. The van der Waals surface area contributed by atoms with Crippen LogP contribution in [0.3, 0.4) is 0 Å². The first-order valence-corrected chi connectivity index (χ1v) is 7.59. The molecular weight excluding hydrogens is 262 g/mol. The standard InChI is InChI=1S/C14H19NO3S/c1-3-4-12(14(17)18)15-13(16)11-7-5-10(6-8-11)9-19-2/h5-8,12H,3-4,9H2,1-2H3,(H,15,16)(H,17,18)/t12-/m1/s1. The normalized spacial score (nSPS) is 11.9. The van der Waals surface area contributed by atoms with E-state index in [9.17, 15) is 9.59 Å². The van der Waals surface area contributed by atoms with Crippen LogP contribution in [0, 0.1) is 0 Å². The predicted molar refractivity (Wildman–Crippen MR) is 77.5 cm³/mol. The molecule has 104 valence electrons. The molecule has 0 saturated carbocycles. The molecule has 0 aliphatic carbocycles. The fourth-order valence-electron chi connectivity index (χ4n) is 1.71. The van der Waals surface area contributed by atoms with Crippen molar-refractivity contribution in [1.82, 2.24) is 5.32 Å². The molecule has 1 aromatic carbocycles. The van der Waals surface area contributed by atoms with Gasteiger partial charge in [-0.1, -0.05) is 25.5 Å². The molecule has 1 aromatic rings. The van der Waals surface area contributed by atoms with Crippen LogP contribution in [0.5, 0.6) is 0 Å². The number of nitrogens with one attached hydrogen (secondary N) is 1. The molecule has 4 nitrogen and oxygen atoms in total. The summed E-state index contributed by atoms with van der Waals surface area (Å²) in [4.78, 5) is 22.9. The number of thioether (sulfide) groups is 1. The van der Waals surface area contributed by atoms with Gasteiger partial charge in [0.1, 0.15) is 6.04 Å². The van der Waals surface area contributed by atoms with Gasteiger partial charge >= 0.3 is 5.97 Å². The van der Waals surface area contributed by atoms with E-state index in [2.05, 4.69) is 5.32 Å². The maximum Gasteiger partial charge on any atom is 0.326 e. The summed E-state index contributed by atoms with van der Waals surface area (Å²) in [6, 6.07) is 6.42. The first-order chi connectivity index (χ1) is 9.08. The average molecular weight is 281 g/mol. The van der Waals surface area contributed by atoms with Crippen molar-refractivity contribution in [3.8, 4) is 0 Å². The minimum Gasteiger partial charge on any atom is -0.480 e. The highest BCUT2D eigenvalue weighted by molar-refractivity contribution is 7.97. The van der Waals surface area contributed by atoms with Gasteiger partial charge in [-0.25, -0.2) is 4.79 Å². The van der Waals surface area contributed by atoms with Gasteiger partial charge in [-0.15, -0.1) is 0 Å². The molecule has 1 amide bonds. The summed E-state index contributed by atoms with van der Waals surface area (Å²) in [6.07, 6.45) is 3.17. The predicted octanol–water partition coefficient (Wildman–Crippen LogP) is 2.53. The fraction of sp³-hybridized carbons (Fsp3) is 0.429. The van der Waals surface area contributed by atoms with Crippen molar-refractivity contribution in [3.05, 3.63) is 35.4 Å². The van der Waals surface area contributed by atoms with Gasteiger partial charge in [0.15, 0.2) is 0 Å². The second-order valence-corrected chi connectivity index (χ2v) is 5.15. The molecule has 2 N–H and O–H groups in total. The van der Waals surface area contributed by atoms with Crippen LogP contribution >= 0.6 is 11.8 Å². The van der Waals surface area contributed by atoms with Gasteiger partial charge < -0.3 is 10.4 Å². The topological polar surface area (TPSA) is 66.4 Å². The first kappa shape index (κ1) is 15.6. The number of hydrogen-bond acceptors (Lipinski definition) is 3. The Morgan fingerprint density at radius 3 is 2.42 bits per heavy atom. The zero-order valence-electron chi connectivity index (χ0n) is 11.2. The molecule has 0 bridgehead atoms. The lowest BCUT2D eigenvalue weighted by molar-refractivity contribution is -0.139.